The normalized spacial score (nSPS) is 12.0. The fourth-order valence-corrected chi connectivity index (χ4v) is 3.22. The number of thioether (sulfide) groups is 1. The summed E-state index contributed by atoms with van der Waals surface area (Å²) >= 11 is 1.40. The Bertz CT molecular complexity index is 648. The first-order chi connectivity index (χ1) is 10.4. The van der Waals surface area contributed by atoms with Gasteiger partial charge in [-0.05, 0) is 31.9 Å². The van der Waals surface area contributed by atoms with E-state index in [1.54, 1.807) is 19.0 Å². The minimum absolute atomic E-state index is 0.0377. The Morgan fingerprint density at radius 3 is 2.09 bits per heavy atom. The van der Waals surface area contributed by atoms with Crippen molar-refractivity contribution in [1.29, 1.82) is 0 Å². The number of likely N-dealkylation sites (N-methyl/N-ethyl adjacent to an activating group) is 1. The van der Waals surface area contributed by atoms with Crippen LogP contribution in [0.5, 0.6) is 0 Å². The number of carbonyl (C=O) groups is 1. The molecule has 1 aromatic heterocycles. The molecular weight excluding hydrogens is 294 g/mol. The maximum atomic E-state index is 12.5. The van der Waals surface area contributed by atoms with Crippen LogP contribution in [-0.2, 0) is 4.79 Å². The molecule has 0 radical (unpaired) electrons. The second-order valence-corrected chi connectivity index (χ2v) is 6.52. The highest BCUT2D eigenvalue weighted by atomic mass is 32.2. The molecule has 0 aliphatic rings. The van der Waals surface area contributed by atoms with Crippen molar-refractivity contribution in [3.63, 3.8) is 0 Å². The molecule has 1 heterocycles. The first-order valence-corrected chi connectivity index (χ1v) is 8.02. The Morgan fingerprint density at radius 2 is 1.59 bits per heavy atom. The lowest BCUT2D eigenvalue weighted by Crippen LogP contribution is -2.26. The lowest BCUT2D eigenvalue weighted by molar-refractivity contribution is -0.128. The highest BCUT2D eigenvalue weighted by Gasteiger charge is 2.25. The highest BCUT2D eigenvalue weighted by molar-refractivity contribution is 8.00. The van der Waals surface area contributed by atoms with Crippen LogP contribution >= 0.6 is 11.8 Å². The maximum Gasteiger partial charge on any atom is 0.240 e. The number of aromatic nitrogens is 2. The topological polar surface area (TPSA) is 46.1 Å². The first-order valence-electron chi connectivity index (χ1n) is 7.14. The number of hydrogen-bond donors (Lipinski definition) is 0. The van der Waals surface area contributed by atoms with Gasteiger partial charge in [0.25, 0.3) is 0 Å². The van der Waals surface area contributed by atoms with E-state index in [1.807, 2.05) is 51.1 Å². The van der Waals surface area contributed by atoms with E-state index in [4.69, 9.17) is 0 Å². The minimum atomic E-state index is -0.335. The Balaban J connectivity index is 2.37. The molecule has 0 saturated carbocycles. The molecule has 0 bridgehead atoms. The third-order valence-corrected chi connectivity index (χ3v) is 4.71. The van der Waals surface area contributed by atoms with Crippen LogP contribution in [0.1, 0.15) is 27.8 Å². The molecule has 22 heavy (non-hydrogen) atoms. The number of nitrogens with zero attached hydrogens (tertiary/aromatic N) is 3. The Morgan fingerprint density at radius 1 is 1.05 bits per heavy atom. The smallest absolute Gasteiger partial charge is 0.240 e. The average Bonchev–Trinajstić information content (AvgIpc) is 2.50. The van der Waals surface area contributed by atoms with Gasteiger partial charge in [-0.25, -0.2) is 9.97 Å². The van der Waals surface area contributed by atoms with Crippen molar-refractivity contribution in [1.82, 2.24) is 14.9 Å². The maximum absolute atomic E-state index is 12.5. The molecule has 0 unspecified atom stereocenters. The molecule has 0 N–H and O–H groups in total. The van der Waals surface area contributed by atoms with Gasteiger partial charge in [-0.3, -0.25) is 4.79 Å². The van der Waals surface area contributed by atoms with Crippen molar-refractivity contribution >= 4 is 17.7 Å². The van der Waals surface area contributed by atoms with E-state index < -0.39 is 0 Å². The summed E-state index contributed by atoms with van der Waals surface area (Å²) in [7, 11) is 3.54. The summed E-state index contributed by atoms with van der Waals surface area (Å²) < 4.78 is 0. The second-order valence-electron chi connectivity index (χ2n) is 5.44. The van der Waals surface area contributed by atoms with Gasteiger partial charge in [-0.2, -0.15) is 0 Å². The summed E-state index contributed by atoms with van der Waals surface area (Å²) in [6, 6.07) is 9.76. The van der Waals surface area contributed by atoms with Crippen LogP contribution in [0, 0.1) is 20.8 Å². The standard InChI is InChI=1S/C17H21N3OS/c1-11-12(2)18-17(19-13(11)3)22-15(16(21)20(4)5)14-9-7-6-8-10-14/h6-10,15H,1-5H3/t15-/m0/s1. The summed E-state index contributed by atoms with van der Waals surface area (Å²) in [6.45, 7) is 5.96. The van der Waals surface area contributed by atoms with Gasteiger partial charge < -0.3 is 4.90 Å². The third-order valence-electron chi connectivity index (χ3n) is 3.60. The van der Waals surface area contributed by atoms with E-state index in [0.29, 0.717) is 5.16 Å². The van der Waals surface area contributed by atoms with E-state index in [1.165, 1.54) is 11.8 Å². The van der Waals surface area contributed by atoms with Crippen LogP contribution in [0.25, 0.3) is 0 Å². The van der Waals surface area contributed by atoms with Crippen molar-refractivity contribution < 1.29 is 4.79 Å². The van der Waals surface area contributed by atoms with Gasteiger partial charge in [0.1, 0.15) is 5.25 Å². The number of hydrogen-bond acceptors (Lipinski definition) is 4. The fourth-order valence-electron chi connectivity index (χ4n) is 2.02. The number of carbonyl (C=O) groups excluding carboxylic acids is 1. The number of rotatable bonds is 4. The summed E-state index contributed by atoms with van der Waals surface area (Å²) in [5, 5.41) is 0.308. The molecule has 1 aromatic carbocycles. The van der Waals surface area contributed by atoms with Crippen molar-refractivity contribution in [3.05, 3.63) is 52.8 Å². The Labute approximate surface area is 136 Å². The molecule has 5 heteroatoms. The second kappa shape index (κ2) is 6.92. The van der Waals surface area contributed by atoms with Crippen molar-refractivity contribution in [2.24, 2.45) is 0 Å². The van der Waals surface area contributed by atoms with Gasteiger partial charge in [-0.1, -0.05) is 42.1 Å². The van der Waals surface area contributed by atoms with Crippen LogP contribution in [0.4, 0.5) is 0 Å². The third kappa shape index (κ3) is 3.65. The van der Waals surface area contributed by atoms with Gasteiger partial charge in [0.05, 0.1) is 0 Å². The zero-order chi connectivity index (χ0) is 16.3. The molecular formula is C17H21N3OS. The van der Waals surface area contributed by atoms with Crippen LogP contribution in [0.15, 0.2) is 35.5 Å². The van der Waals surface area contributed by atoms with Crippen LogP contribution in [0.2, 0.25) is 0 Å². The zero-order valence-corrected chi connectivity index (χ0v) is 14.4. The monoisotopic (exact) mass is 315 g/mol. The predicted molar refractivity (Wildman–Crippen MR) is 90.0 cm³/mol. The van der Waals surface area contributed by atoms with E-state index in [2.05, 4.69) is 9.97 Å². The van der Waals surface area contributed by atoms with Crippen LogP contribution in [-0.4, -0.2) is 34.9 Å². The molecule has 2 aromatic rings. The van der Waals surface area contributed by atoms with E-state index in [9.17, 15) is 4.79 Å². The summed E-state index contributed by atoms with van der Waals surface area (Å²) in [6.07, 6.45) is 0. The first kappa shape index (κ1) is 16.5. The SMILES string of the molecule is Cc1nc(S[C@H](C(=O)N(C)C)c2ccccc2)nc(C)c1C. The van der Waals surface area contributed by atoms with Crippen LogP contribution < -0.4 is 0 Å². The largest absolute Gasteiger partial charge is 0.348 e. The number of amides is 1. The molecule has 0 fully saturated rings. The Hall–Kier alpha value is -1.88. The molecule has 2 rings (SSSR count). The predicted octanol–water partition coefficient (Wildman–Crippen LogP) is 3.32. The number of aryl methyl sites for hydroxylation is 2. The van der Waals surface area contributed by atoms with Gasteiger partial charge in [-0.15, -0.1) is 0 Å². The molecule has 0 saturated heterocycles. The molecule has 0 aliphatic heterocycles. The molecule has 0 spiro atoms. The van der Waals surface area contributed by atoms with Gasteiger partial charge >= 0.3 is 0 Å². The van der Waals surface area contributed by atoms with Crippen molar-refractivity contribution in [2.45, 2.75) is 31.2 Å². The van der Waals surface area contributed by atoms with Crippen molar-refractivity contribution in [2.75, 3.05) is 14.1 Å². The molecule has 116 valence electrons. The molecule has 4 nitrogen and oxygen atoms in total. The number of benzene rings is 1. The van der Waals surface area contributed by atoms with Gasteiger partial charge in [0.15, 0.2) is 5.16 Å². The summed E-state index contributed by atoms with van der Waals surface area (Å²) in [5.74, 6) is 0.0377. The fraction of sp³-hybridized carbons (Fsp3) is 0.353. The molecule has 1 amide bonds. The minimum Gasteiger partial charge on any atom is -0.348 e. The van der Waals surface area contributed by atoms with Crippen molar-refractivity contribution in [3.8, 4) is 0 Å². The zero-order valence-electron chi connectivity index (χ0n) is 13.6. The summed E-state index contributed by atoms with van der Waals surface area (Å²) in [5.41, 5.74) is 3.98. The lowest BCUT2D eigenvalue weighted by atomic mass is 10.1. The lowest BCUT2D eigenvalue weighted by Gasteiger charge is -2.20. The summed E-state index contributed by atoms with van der Waals surface area (Å²) in [4.78, 5) is 23.2. The van der Waals surface area contributed by atoms with Gasteiger partial charge in [0.2, 0.25) is 5.91 Å². The van der Waals surface area contributed by atoms with Crippen LogP contribution in [0.3, 0.4) is 0 Å². The van der Waals surface area contributed by atoms with Gasteiger partial charge in [0, 0.05) is 25.5 Å². The van der Waals surface area contributed by atoms with E-state index in [-0.39, 0.29) is 11.2 Å². The quantitative estimate of drug-likeness (QED) is 0.641. The van der Waals surface area contributed by atoms with E-state index in [0.717, 1.165) is 22.5 Å². The highest BCUT2D eigenvalue weighted by Crippen LogP contribution is 2.35. The van der Waals surface area contributed by atoms with E-state index >= 15 is 0 Å². The Kier molecular flexibility index (Phi) is 5.19. The molecule has 0 aliphatic carbocycles. The molecule has 1 atom stereocenters. The average molecular weight is 315 g/mol.